The van der Waals surface area contributed by atoms with Crippen molar-refractivity contribution in [2.45, 2.75) is 75.0 Å². The molecule has 3 heteroatoms. The Morgan fingerprint density at radius 1 is 1.25 bits per heavy atom. The molecule has 3 nitrogen and oxygen atoms in total. The summed E-state index contributed by atoms with van der Waals surface area (Å²) < 4.78 is 6.52. The van der Waals surface area contributed by atoms with Crippen molar-refractivity contribution in [2.75, 3.05) is 13.1 Å². The van der Waals surface area contributed by atoms with E-state index in [1.165, 1.54) is 36.1 Å². The molecule has 0 radical (unpaired) electrons. The lowest BCUT2D eigenvalue weighted by atomic mass is 9.49. The number of ether oxygens (including phenoxy) is 1. The van der Waals surface area contributed by atoms with E-state index in [4.69, 9.17) is 4.74 Å². The smallest absolute Gasteiger partial charge is 0.126 e. The zero-order chi connectivity index (χ0) is 16.1. The standard InChI is InChI=1S/C21H27NO2/c1-13-4-7-15-11-16-21(23)8-2-3-17-20(21,18(15)19(13)24-17)9-10-22(16)12-14-5-6-14/h4,7,14,16-17,23H,2-3,5-6,8-12H2,1H3/t16?,17-,20+,21?/m0/s1. The molecule has 5 aliphatic rings. The van der Waals surface area contributed by atoms with Gasteiger partial charge in [0.2, 0.25) is 0 Å². The van der Waals surface area contributed by atoms with Crippen molar-refractivity contribution in [1.82, 2.24) is 4.90 Å². The first kappa shape index (κ1) is 14.1. The zero-order valence-corrected chi connectivity index (χ0v) is 14.6. The molecule has 2 heterocycles. The molecule has 2 aliphatic heterocycles. The van der Waals surface area contributed by atoms with Gasteiger partial charge in [-0.1, -0.05) is 12.1 Å². The predicted octanol–water partition coefficient (Wildman–Crippen LogP) is 2.95. The van der Waals surface area contributed by atoms with Crippen LogP contribution in [-0.4, -0.2) is 40.8 Å². The van der Waals surface area contributed by atoms with E-state index in [0.717, 1.165) is 50.3 Å². The van der Waals surface area contributed by atoms with Crippen molar-refractivity contribution in [2.24, 2.45) is 5.92 Å². The summed E-state index contributed by atoms with van der Waals surface area (Å²) in [5, 5.41) is 12.1. The molecule has 0 amide bonds. The van der Waals surface area contributed by atoms with E-state index < -0.39 is 5.60 Å². The van der Waals surface area contributed by atoms with Crippen LogP contribution in [0, 0.1) is 12.8 Å². The number of piperidine rings is 1. The lowest BCUT2D eigenvalue weighted by Crippen LogP contribution is -2.75. The SMILES string of the molecule is Cc1ccc2c3c1O[C@H]1CCCC4(O)C(C2)N(CC2CC2)CC[C@]314. The molecule has 3 fully saturated rings. The van der Waals surface area contributed by atoms with Gasteiger partial charge in [0.1, 0.15) is 11.9 Å². The molecule has 3 aliphatic carbocycles. The average Bonchev–Trinajstić information content (AvgIpc) is 3.30. The van der Waals surface area contributed by atoms with Gasteiger partial charge < -0.3 is 9.84 Å². The third-order valence-electron chi connectivity index (χ3n) is 7.88. The molecule has 1 spiro atoms. The number of aliphatic hydroxyl groups is 1. The molecule has 2 unspecified atom stereocenters. The second-order valence-electron chi connectivity index (χ2n) is 9.05. The number of benzene rings is 1. The van der Waals surface area contributed by atoms with Crippen molar-refractivity contribution in [3.8, 4) is 5.75 Å². The van der Waals surface area contributed by atoms with Crippen LogP contribution in [0.2, 0.25) is 0 Å². The molecule has 1 aromatic rings. The molecule has 6 rings (SSSR count). The Morgan fingerprint density at radius 2 is 2.12 bits per heavy atom. The van der Waals surface area contributed by atoms with Crippen molar-refractivity contribution in [1.29, 1.82) is 0 Å². The minimum atomic E-state index is -0.588. The third-order valence-corrected chi connectivity index (χ3v) is 7.88. The molecule has 1 aromatic carbocycles. The lowest BCUT2D eigenvalue weighted by molar-refractivity contribution is -0.185. The highest BCUT2D eigenvalue weighted by Gasteiger charge is 2.70. The second-order valence-corrected chi connectivity index (χ2v) is 9.05. The molecule has 24 heavy (non-hydrogen) atoms. The molecule has 0 aromatic heterocycles. The van der Waals surface area contributed by atoms with Crippen molar-refractivity contribution in [3.63, 3.8) is 0 Å². The van der Waals surface area contributed by atoms with Gasteiger partial charge in [0.05, 0.1) is 11.0 Å². The molecule has 1 saturated heterocycles. The Balaban J connectivity index is 1.56. The van der Waals surface area contributed by atoms with Gasteiger partial charge in [0.25, 0.3) is 0 Å². The minimum Gasteiger partial charge on any atom is -0.489 e. The maximum absolute atomic E-state index is 12.1. The van der Waals surface area contributed by atoms with Crippen LogP contribution < -0.4 is 4.74 Å². The maximum atomic E-state index is 12.1. The van der Waals surface area contributed by atoms with E-state index in [9.17, 15) is 5.11 Å². The third kappa shape index (κ3) is 1.48. The first-order valence-electron chi connectivity index (χ1n) is 9.89. The van der Waals surface area contributed by atoms with Gasteiger partial charge in [-0.25, -0.2) is 0 Å². The highest BCUT2D eigenvalue weighted by atomic mass is 16.5. The van der Waals surface area contributed by atoms with Crippen LogP contribution in [0.1, 0.15) is 55.2 Å². The molecule has 2 saturated carbocycles. The minimum absolute atomic E-state index is 0.134. The van der Waals surface area contributed by atoms with Crippen LogP contribution in [0.15, 0.2) is 12.1 Å². The van der Waals surface area contributed by atoms with E-state index in [0.29, 0.717) is 6.04 Å². The normalized spacial score (nSPS) is 42.6. The summed E-state index contributed by atoms with van der Waals surface area (Å²) in [5.41, 5.74) is 3.38. The summed E-state index contributed by atoms with van der Waals surface area (Å²) in [7, 11) is 0. The van der Waals surface area contributed by atoms with Crippen LogP contribution in [0.3, 0.4) is 0 Å². The summed E-state index contributed by atoms with van der Waals surface area (Å²) in [6.45, 7) is 4.50. The lowest BCUT2D eigenvalue weighted by Gasteiger charge is -2.63. The first-order chi connectivity index (χ1) is 11.6. The summed E-state index contributed by atoms with van der Waals surface area (Å²) in [4.78, 5) is 2.64. The fourth-order valence-corrected chi connectivity index (χ4v) is 6.62. The van der Waals surface area contributed by atoms with Crippen molar-refractivity contribution < 1.29 is 9.84 Å². The van der Waals surface area contributed by atoms with Gasteiger partial charge in [-0.05, 0) is 75.5 Å². The van der Waals surface area contributed by atoms with Gasteiger partial charge in [0.15, 0.2) is 0 Å². The van der Waals surface area contributed by atoms with Crippen LogP contribution in [0.5, 0.6) is 5.75 Å². The molecule has 4 atom stereocenters. The average molecular weight is 325 g/mol. The highest BCUT2D eigenvalue weighted by Crippen LogP contribution is 2.64. The number of hydrogen-bond donors (Lipinski definition) is 1. The summed E-state index contributed by atoms with van der Waals surface area (Å²) >= 11 is 0. The summed E-state index contributed by atoms with van der Waals surface area (Å²) in [5.74, 6) is 2.00. The maximum Gasteiger partial charge on any atom is 0.126 e. The quantitative estimate of drug-likeness (QED) is 0.907. The fraction of sp³-hybridized carbons (Fsp3) is 0.714. The Labute approximate surface area is 144 Å². The van der Waals surface area contributed by atoms with Crippen molar-refractivity contribution in [3.05, 3.63) is 28.8 Å². The van der Waals surface area contributed by atoms with Crippen LogP contribution in [0.4, 0.5) is 0 Å². The number of rotatable bonds is 2. The van der Waals surface area contributed by atoms with Gasteiger partial charge in [-0.3, -0.25) is 4.90 Å². The van der Waals surface area contributed by atoms with Crippen LogP contribution in [-0.2, 0) is 11.8 Å². The number of nitrogens with zero attached hydrogens (tertiary/aromatic N) is 1. The Kier molecular flexibility index (Phi) is 2.57. The molecule has 2 bridgehead atoms. The Hall–Kier alpha value is -1.06. The van der Waals surface area contributed by atoms with E-state index in [-0.39, 0.29) is 11.5 Å². The van der Waals surface area contributed by atoms with E-state index in [1.54, 1.807) is 0 Å². The van der Waals surface area contributed by atoms with Gasteiger partial charge >= 0.3 is 0 Å². The van der Waals surface area contributed by atoms with Crippen LogP contribution >= 0.6 is 0 Å². The zero-order valence-electron chi connectivity index (χ0n) is 14.6. The number of hydrogen-bond acceptors (Lipinski definition) is 3. The second kappa shape index (κ2) is 4.37. The van der Waals surface area contributed by atoms with E-state index in [2.05, 4.69) is 24.0 Å². The fourth-order valence-electron chi connectivity index (χ4n) is 6.62. The van der Waals surface area contributed by atoms with Crippen LogP contribution in [0.25, 0.3) is 0 Å². The number of aryl methyl sites for hydroxylation is 1. The molecule has 128 valence electrons. The van der Waals surface area contributed by atoms with E-state index >= 15 is 0 Å². The topological polar surface area (TPSA) is 32.7 Å². The van der Waals surface area contributed by atoms with Crippen molar-refractivity contribution >= 4 is 0 Å². The Bertz CT molecular complexity index is 727. The highest BCUT2D eigenvalue weighted by molar-refractivity contribution is 5.59. The predicted molar refractivity (Wildman–Crippen MR) is 92.5 cm³/mol. The van der Waals surface area contributed by atoms with Gasteiger partial charge in [-0.15, -0.1) is 0 Å². The summed E-state index contributed by atoms with van der Waals surface area (Å²) in [6, 6.07) is 4.84. The van der Waals surface area contributed by atoms with Gasteiger partial charge in [-0.2, -0.15) is 0 Å². The Morgan fingerprint density at radius 3 is 2.96 bits per heavy atom. The van der Waals surface area contributed by atoms with Gasteiger partial charge in [0, 0.05) is 18.2 Å². The van der Waals surface area contributed by atoms with E-state index in [1.807, 2.05) is 0 Å². The largest absolute Gasteiger partial charge is 0.489 e. The summed E-state index contributed by atoms with van der Waals surface area (Å²) in [6.07, 6.45) is 8.19. The molecular weight excluding hydrogens is 298 g/mol. The monoisotopic (exact) mass is 325 g/mol. The first-order valence-corrected chi connectivity index (χ1v) is 9.89. The number of likely N-dealkylation sites (tertiary alicyclic amines) is 1. The molecular formula is C21H27NO2. The molecule has 1 N–H and O–H groups in total.